The van der Waals surface area contributed by atoms with Crippen molar-refractivity contribution in [3.8, 4) is 0 Å². The molecule has 0 saturated heterocycles. The largest absolute Gasteiger partial charge is 0.353 e. The second kappa shape index (κ2) is 5.57. The van der Waals surface area contributed by atoms with E-state index in [9.17, 15) is 8.78 Å². The number of aromatic nitrogens is 2. The third-order valence-electron chi connectivity index (χ3n) is 2.58. The van der Waals surface area contributed by atoms with Crippen LogP contribution in [-0.4, -0.2) is 17.0 Å². The van der Waals surface area contributed by atoms with Gasteiger partial charge in [-0.05, 0) is 17.7 Å². The van der Waals surface area contributed by atoms with E-state index in [2.05, 4.69) is 15.4 Å². The lowest BCUT2D eigenvalue weighted by Gasteiger charge is -2.19. The zero-order valence-electron chi connectivity index (χ0n) is 10.3. The highest BCUT2D eigenvalue weighted by Gasteiger charge is 2.14. The number of nitrogens with zero attached hydrogens (tertiary/aromatic N) is 3. The standard InChI is InChI=1S/C12H13F2N5/c1-19(7-8-2-4-16-5-3-8)12-10(14)6-9(13)11(17-12)18-15/h2-6H,7,15H2,1H3,(H,17,18). The van der Waals surface area contributed by atoms with Gasteiger partial charge >= 0.3 is 0 Å². The molecule has 3 N–H and O–H groups in total. The summed E-state index contributed by atoms with van der Waals surface area (Å²) < 4.78 is 26.9. The molecule has 0 bridgehead atoms. The molecule has 0 unspecified atom stereocenters. The number of nitrogens with one attached hydrogen (secondary N) is 1. The number of nitrogen functional groups attached to an aromatic ring is 1. The van der Waals surface area contributed by atoms with E-state index < -0.39 is 11.6 Å². The fourth-order valence-corrected chi connectivity index (χ4v) is 1.66. The van der Waals surface area contributed by atoms with Gasteiger partial charge in [-0.15, -0.1) is 0 Å². The first kappa shape index (κ1) is 13.2. The summed E-state index contributed by atoms with van der Waals surface area (Å²) in [5.41, 5.74) is 3.03. The Bertz CT molecular complexity index is 562. The van der Waals surface area contributed by atoms with Gasteiger partial charge in [0.1, 0.15) is 0 Å². The number of hydrazine groups is 1. The summed E-state index contributed by atoms with van der Waals surface area (Å²) in [7, 11) is 1.66. The van der Waals surface area contributed by atoms with Crippen LogP contribution in [0.5, 0.6) is 0 Å². The van der Waals surface area contributed by atoms with Crippen LogP contribution in [0.25, 0.3) is 0 Å². The van der Waals surface area contributed by atoms with E-state index in [1.165, 1.54) is 0 Å². The van der Waals surface area contributed by atoms with E-state index in [0.29, 0.717) is 6.54 Å². The van der Waals surface area contributed by atoms with E-state index in [-0.39, 0.29) is 11.6 Å². The molecule has 0 atom stereocenters. The highest BCUT2D eigenvalue weighted by Crippen LogP contribution is 2.22. The minimum absolute atomic E-state index is 0.0196. The first-order valence-corrected chi connectivity index (χ1v) is 5.54. The third kappa shape index (κ3) is 2.94. The lowest BCUT2D eigenvalue weighted by Crippen LogP contribution is -2.21. The van der Waals surface area contributed by atoms with Gasteiger partial charge < -0.3 is 10.3 Å². The van der Waals surface area contributed by atoms with Crippen molar-refractivity contribution in [2.75, 3.05) is 17.4 Å². The van der Waals surface area contributed by atoms with Gasteiger partial charge in [-0.3, -0.25) is 4.98 Å². The summed E-state index contributed by atoms with van der Waals surface area (Å²) in [5.74, 6) is 3.37. The van der Waals surface area contributed by atoms with E-state index in [0.717, 1.165) is 11.6 Å². The van der Waals surface area contributed by atoms with Crippen LogP contribution in [0.4, 0.5) is 20.4 Å². The van der Waals surface area contributed by atoms with Gasteiger partial charge in [-0.25, -0.2) is 19.6 Å². The predicted octanol–water partition coefficient (Wildman–Crippen LogP) is 1.68. The molecule has 2 heterocycles. The van der Waals surface area contributed by atoms with Crippen molar-refractivity contribution in [1.29, 1.82) is 0 Å². The Kier molecular flexibility index (Phi) is 3.86. The minimum atomic E-state index is -0.832. The number of hydrogen-bond acceptors (Lipinski definition) is 5. The molecule has 0 aliphatic heterocycles. The number of anilines is 2. The summed E-state index contributed by atoms with van der Waals surface area (Å²) >= 11 is 0. The van der Waals surface area contributed by atoms with Crippen molar-refractivity contribution < 1.29 is 8.78 Å². The zero-order chi connectivity index (χ0) is 13.8. The maximum absolute atomic E-state index is 13.7. The predicted molar refractivity (Wildman–Crippen MR) is 68.3 cm³/mol. The highest BCUT2D eigenvalue weighted by molar-refractivity contribution is 5.48. The van der Waals surface area contributed by atoms with Crippen LogP contribution < -0.4 is 16.2 Å². The van der Waals surface area contributed by atoms with Crippen LogP contribution in [0.15, 0.2) is 30.6 Å². The van der Waals surface area contributed by atoms with Crippen molar-refractivity contribution >= 4 is 11.6 Å². The second-order valence-electron chi connectivity index (χ2n) is 3.98. The molecule has 0 aromatic carbocycles. The van der Waals surface area contributed by atoms with Gasteiger partial charge in [0.25, 0.3) is 0 Å². The molecule has 100 valence electrons. The molecule has 0 amide bonds. The van der Waals surface area contributed by atoms with Crippen LogP contribution in [-0.2, 0) is 6.54 Å². The van der Waals surface area contributed by atoms with Crippen LogP contribution in [0.2, 0.25) is 0 Å². The fourth-order valence-electron chi connectivity index (χ4n) is 1.66. The molecule has 0 spiro atoms. The van der Waals surface area contributed by atoms with Gasteiger partial charge in [0.05, 0.1) is 0 Å². The van der Waals surface area contributed by atoms with Crippen molar-refractivity contribution in [3.63, 3.8) is 0 Å². The van der Waals surface area contributed by atoms with E-state index >= 15 is 0 Å². The van der Waals surface area contributed by atoms with Gasteiger partial charge in [0.15, 0.2) is 23.3 Å². The maximum Gasteiger partial charge on any atom is 0.178 e. The van der Waals surface area contributed by atoms with Crippen LogP contribution in [0.1, 0.15) is 5.56 Å². The Hall–Kier alpha value is -2.28. The third-order valence-corrected chi connectivity index (χ3v) is 2.58. The van der Waals surface area contributed by atoms with Gasteiger partial charge in [0.2, 0.25) is 0 Å². The Labute approximate surface area is 109 Å². The molecular formula is C12H13F2N5. The van der Waals surface area contributed by atoms with Crippen molar-refractivity contribution in [3.05, 3.63) is 47.8 Å². The zero-order valence-corrected chi connectivity index (χ0v) is 10.3. The summed E-state index contributed by atoms with van der Waals surface area (Å²) in [6.45, 7) is 0.419. The summed E-state index contributed by atoms with van der Waals surface area (Å²) in [5, 5.41) is 0. The maximum atomic E-state index is 13.7. The topological polar surface area (TPSA) is 67.1 Å². The number of rotatable bonds is 4. The first-order chi connectivity index (χ1) is 9.11. The normalized spacial score (nSPS) is 10.3. The van der Waals surface area contributed by atoms with Crippen LogP contribution in [0, 0.1) is 11.6 Å². The van der Waals surface area contributed by atoms with Crippen molar-refractivity contribution in [1.82, 2.24) is 9.97 Å². The van der Waals surface area contributed by atoms with Crippen LogP contribution in [0.3, 0.4) is 0 Å². The molecule has 0 aliphatic carbocycles. The summed E-state index contributed by atoms with van der Waals surface area (Å²) in [4.78, 5) is 9.27. The molecule has 2 aromatic rings. The van der Waals surface area contributed by atoms with Crippen LogP contribution >= 0.6 is 0 Å². The quantitative estimate of drug-likeness (QED) is 0.650. The first-order valence-electron chi connectivity index (χ1n) is 5.54. The average molecular weight is 265 g/mol. The van der Waals surface area contributed by atoms with Crippen molar-refractivity contribution in [2.45, 2.75) is 6.54 Å². The molecule has 0 radical (unpaired) electrons. The molecule has 2 aromatic heterocycles. The number of nitrogens with two attached hydrogens (primary N) is 1. The Morgan fingerprint density at radius 1 is 1.26 bits per heavy atom. The number of pyridine rings is 2. The summed E-state index contributed by atoms with van der Waals surface area (Å²) in [6.07, 6.45) is 3.29. The average Bonchev–Trinajstić information content (AvgIpc) is 2.40. The molecule has 2 rings (SSSR count). The lowest BCUT2D eigenvalue weighted by molar-refractivity contribution is 0.572. The number of halogens is 2. The van der Waals surface area contributed by atoms with E-state index in [1.807, 2.05) is 0 Å². The Morgan fingerprint density at radius 2 is 1.95 bits per heavy atom. The lowest BCUT2D eigenvalue weighted by atomic mass is 10.2. The molecule has 7 heteroatoms. The number of hydrogen-bond donors (Lipinski definition) is 2. The Balaban J connectivity index is 2.26. The SMILES string of the molecule is CN(Cc1ccncc1)c1nc(NN)c(F)cc1F. The molecular weight excluding hydrogens is 252 g/mol. The highest BCUT2D eigenvalue weighted by atomic mass is 19.1. The summed E-state index contributed by atoms with van der Waals surface area (Å²) in [6, 6.07) is 4.36. The van der Waals surface area contributed by atoms with Gasteiger partial charge in [-0.2, -0.15) is 0 Å². The minimum Gasteiger partial charge on any atom is -0.353 e. The molecule has 0 aliphatic rings. The molecule has 0 fully saturated rings. The fraction of sp³-hybridized carbons (Fsp3) is 0.167. The molecule has 0 saturated carbocycles. The van der Waals surface area contributed by atoms with Crippen molar-refractivity contribution in [2.24, 2.45) is 5.84 Å². The smallest absolute Gasteiger partial charge is 0.178 e. The van der Waals surface area contributed by atoms with E-state index in [4.69, 9.17) is 5.84 Å². The monoisotopic (exact) mass is 265 g/mol. The Morgan fingerprint density at radius 3 is 2.58 bits per heavy atom. The van der Waals surface area contributed by atoms with Gasteiger partial charge in [0, 0.05) is 32.1 Å². The molecule has 5 nitrogen and oxygen atoms in total. The molecule has 19 heavy (non-hydrogen) atoms. The van der Waals surface area contributed by atoms with Gasteiger partial charge in [-0.1, -0.05) is 0 Å². The van der Waals surface area contributed by atoms with E-state index in [1.54, 1.807) is 36.5 Å². The second-order valence-corrected chi connectivity index (χ2v) is 3.98.